The van der Waals surface area contributed by atoms with Gasteiger partial charge in [-0.25, -0.2) is 4.39 Å². The third kappa shape index (κ3) is 7.04. The van der Waals surface area contributed by atoms with Crippen LogP contribution in [0.5, 0.6) is 0 Å². The molecule has 1 saturated heterocycles. The van der Waals surface area contributed by atoms with Gasteiger partial charge in [-0.3, -0.25) is 9.59 Å². The number of rotatable bonds is 7. The van der Waals surface area contributed by atoms with Crippen molar-refractivity contribution in [1.29, 1.82) is 0 Å². The van der Waals surface area contributed by atoms with Gasteiger partial charge < -0.3 is 14.7 Å². The molecule has 1 atom stereocenters. The van der Waals surface area contributed by atoms with Crippen molar-refractivity contribution in [2.45, 2.75) is 31.5 Å². The monoisotopic (exact) mass is 493 g/mol. The van der Waals surface area contributed by atoms with E-state index in [4.69, 9.17) is 0 Å². The fourth-order valence-corrected chi connectivity index (χ4v) is 4.55. The van der Waals surface area contributed by atoms with E-state index in [1.165, 1.54) is 24.3 Å². The molecule has 2 aromatic rings. The fraction of sp³-hybridized carbons (Fsp3) is 0.462. The van der Waals surface area contributed by atoms with E-state index in [2.05, 4.69) is 0 Å². The van der Waals surface area contributed by atoms with E-state index < -0.39 is 17.6 Å². The number of nitrogens with zero attached hydrogens (tertiary/aromatic N) is 3. The predicted octanol–water partition coefficient (Wildman–Crippen LogP) is 4.33. The summed E-state index contributed by atoms with van der Waals surface area (Å²) in [6, 6.07) is 10.5. The van der Waals surface area contributed by atoms with Crippen molar-refractivity contribution in [2.24, 2.45) is 5.92 Å². The number of carbonyl (C=O) groups is 2. The summed E-state index contributed by atoms with van der Waals surface area (Å²) >= 11 is 0. The first-order valence-electron chi connectivity index (χ1n) is 11.6. The minimum Gasteiger partial charge on any atom is -0.341 e. The zero-order valence-electron chi connectivity index (χ0n) is 20.2. The summed E-state index contributed by atoms with van der Waals surface area (Å²) in [5.74, 6) is -0.711. The third-order valence-corrected chi connectivity index (χ3v) is 6.51. The van der Waals surface area contributed by atoms with Crippen molar-refractivity contribution < 1.29 is 27.2 Å². The van der Waals surface area contributed by atoms with Gasteiger partial charge in [-0.1, -0.05) is 18.2 Å². The van der Waals surface area contributed by atoms with Gasteiger partial charge in [0.05, 0.1) is 12.1 Å². The molecule has 2 amide bonds. The Morgan fingerprint density at radius 2 is 1.66 bits per heavy atom. The number of piperidine rings is 1. The summed E-state index contributed by atoms with van der Waals surface area (Å²) in [6.45, 7) is 1.02. The maximum atomic E-state index is 13.4. The second-order valence-electron chi connectivity index (χ2n) is 9.35. The molecule has 2 aromatic carbocycles. The molecule has 3 rings (SSSR count). The van der Waals surface area contributed by atoms with E-state index in [1.807, 2.05) is 14.1 Å². The molecule has 0 N–H and O–H groups in total. The lowest BCUT2D eigenvalue weighted by atomic mass is 9.84. The molecule has 9 heteroatoms. The number of halogens is 4. The van der Waals surface area contributed by atoms with Crippen LogP contribution < -0.4 is 0 Å². The largest absolute Gasteiger partial charge is 0.416 e. The van der Waals surface area contributed by atoms with Crippen LogP contribution in [0, 0.1) is 11.7 Å². The molecule has 1 aliphatic rings. The highest BCUT2D eigenvalue weighted by atomic mass is 19.4. The van der Waals surface area contributed by atoms with Crippen LogP contribution in [0.1, 0.15) is 34.3 Å². The summed E-state index contributed by atoms with van der Waals surface area (Å²) in [4.78, 5) is 30.8. The molecule has 0 bridgehead atoms. The van der Waals surface area contributed by atoms with Crippen molar-refractivity contribution in [3.63, 3.8) is 0 Å². The average Bonchev–Trinajstić information content (AvgIpc) is 2.82. The number of carbonyl (C=O) groups excluding carboxylic acids is 2. The van der Waals surface area contributed by atoms with Crippen LogP contribution in [0.4, 0.5) is 17.6 Å². The normalized spacial score (nSPS) is 15.8. The van der Waals surface area contributed by atoms with Crippen LogP contribution in [0.3, 0.4) is 0 Å². The van der Waals surface area contributed by atoms with Gasteiger partial charge in [-0.2, -0.15) is 13.2 Å². The number of likely N-dealkylation sites (N-methyl/N-ethyl adjacent to an activating group) is 2. The van der Waals surface area contributed by atoms with Crippen molar-refractivity contribution in [2.75, 3.05) is 40.8 Å². The highest BCUT2D eigenvalue weighted by Crippen LogP contribution is 2.31. The Hall–Kier alpha value is -2.94. The molecule has 1 unspecified atom stereocenters. The van der Waals surface area contributed by atoms with Gasteiger partial charge in [0.2, 0.25) is 5.91 Å². The molecule has 0 saturated carbocycles. The van der Waals surface area contributed by atoms with Crippen LogP contribution in [0.15, 0.2) is 48.5 Å². The van der Waals surface area contributed by atoms with Gasteiger partial charge in [-0.05, 0) is 75.2 Å². The first kappa shape index (κ1) is 26.7. The molecule has 1 aliphatic heterocycles. The van der Waals surface area contributed by atoms with Crippen molar-refractivity contribution in [1.82, 2.24) is 14.7 Å². The van der Waals surface area contributed by atoms with Crippen LogP contribution in [0.2, 0.25) is 0 Å². The highest BCUT2D eigenvalue weighted by molar-refractivity contribution is 5.94. The van der Waals surface area contributed by atoms with Crippen LogP contribution in [0.25, 0.3) is 0 Å². The summed E-state index contributed by atoms with van der Waals surface area (Å²) < 4.78 is 52.5. The topological polar surface area (TPSA) is 43.9 Å². The Balaban J connectivity index is 1.72. The smallest absolute Gasteiger partial charge is 0.341 e. The molecule has 0 aromatic heterocycles. The molecular formula is C26H31F4N3O2. The zero-order chi connectivity index (χ0) is 25.8. The molecule has 0 radical (unpaired) electrons. The van der Waals surface area contributed by atoms with E-state index in [1.54, 1.807) is 33.9 Å². The molecule has 1 fully saturated rings. The van der Waals surface area contributed by atoms with Gasteiger partial charge >= 0.3 is 6.18 Å². The first-order valence-corrected chi connectivity index (χ1v) is 11.6. The maximum Gasteiger partial charge on any atom is 0.416 e. The summed E-state index contributed by atoms with van der Waals surface area (Å²) in [5, 5.41) is 0. The van der Waals surface area contributed by atoms with Gasteiger partial charge in [0.25, 0.3) is 5.91 Å². The second kappa shape index (κ2) is 11.2. The Labute approximate surface area is 203 Å². The summed E-state index contributed by atoms with van der Waals surface area (Å²) in [5.41, 5.74) is 0.0708. The molecule has 5 nitrogen and oxygen atoms in total. The van der Waals surface area contributed by atoms with Crippen molar-refractivity contribution >= 4 is 11.8 Å². The number of amides is 2. The number of hydrogen-bond donors (Lipinski definition) is 0. The SMILES string of the molecule is CN(C)CC(=O)N(C)C(Cc1ccc(F)cc1)C1CCN(C(=O)c2cccc(C(F)(F)F)c2)CC1. The number of likely N-dealkylation sites (tertiary alicyclic amines) is 1. The first-order chi connectivity index (χ1) is 16.5. The summed E-state index contributed by atoms with van der Waals surface area (Å²) in [7, 11) is 5.40. The van der Waals surface area contributed by atoms with Gasteiger partial charge in [0.15, 0.2) is 0 Å². The van der Waals surface area contributed by atoms with Crippen LogP contribution in [-0.4, -0.2) is 73.3 Å². The van der Waals surface area contributed by atoms with Gasteiger partial charge in [0, 0.05) is 31.7 Å². The highest BCUT2D eigenvalue weighted by Gasteiger charge is 2.34. The quantitative estimate of drug-likeness (QED) is 0.540. The van der Waals surface area contributed by atoms with Gasteiger partial charge in [-0.15, -0.1) is 0 Å². The van der Waals surface area contributed by atoms with Crippen LogP contribution in [-0.2, 0) is 17.4 Å². The average molecular weight is 494 g/mol. The Kier molecular flexibility index (Phi) is 8.53. The van der Waals surface area contributed by atoms with E-state index in [0.29, 0.717) is 32.4 Å². The van der Waals surface area contributed by atoms with E-state index >= 15 is 0 Å². The Morgan fingerprint density at radius 1 is 1.03 bits per heavy atom. The fourth-order valence-electron chi connectivity index (χ4n) is 4.55. The predicted molar refractivity (Wildman–Crippen MR) is 125 cm³/mol. The molecule has 35 heavy (non-hydrogen) atoms. The van der Waals surface area contributed by atoms with Crippen molar-refractivity contribution in [3.05, 3.63) is 71.0 Å². The zero-order valence-corrected chi connectivity index (χ0v) is 20.2. The standard InChI is InChI=1S/C26H31F4N3O2/c1-31(2)17-24(34)32(3)23(15-18-7-9-22(27)10-8-18)19-11-13-33(14-12-19)25(35)20-5-4-6-21(16-20)26(28,29)30/h4-10,16,19,23H,11-15,17H2,1-3H3. The summed E-state index contributed by atoms with van der Waals surface area (Å²) in [6.07, 6.45) is -2.75. The Bertz CT molecular complexity index is 1020. The van der Waals surface area contributed by atoms with E-state index in [-0.39, 0.29) is 35.8 Å². The lowest BCUT2D eigenvalue weighted by Gasteiger charge is -2.40. The molecular weight excluding hydrogens is 462 g/mol. The lowest BCUT2D eigenvalue weighted by molar-refractivity contribution is -0.137. The number of alkyl halides is 3. The van der Waals surface area contributed by atoms with Crippen molar-refractivity contribution in [3.8, 4) is 0 Å². The maximum absolute atomic E-state index is 13.4. The lowest BCUT2D eigenvalue weighted by Crippen LogP contribution is -2.50. The second-order valence-corrected chi connectivity index (χ2v) is 9.35. The molecule has 0 spiro atoms. The minimum absolute atomic E-state index is 0.0133. The number of hydrogen-bond acceptors (Lipinski definition) is 3. The number of benzene rings is 2. The molecule has 0 aliphatic carbocycles. The van der Waals surface area contributed by atoms with E-state index in [9.17, 15) is 27.2 Å². The minimum atomic E-state index is -4.51. The van der Waals surface area contributed by atoms with Crippen LogP contribution >= 0.6 is 0 Å². The molecule has 190 valence electrons. The Morgan fingerprint density at radius 3 is 2.23 bits per heavy atom. The third-order valence-electron chi connectivity index (χ3n) is 6.51. The molecule has 1 heterocycles. The van der Waals surface area contributed by atoms with Gasteiger partial charge in [0.1, 0.15) is 5.82 Å². The van der Waals surface area contributed by atoms with E-state index in [0.717, 1.165) is 17.7 Å².